The second-order valence-corrected chi connectivity index (χ2v) is 7.31. The molecule has 0 atom stereocenters. The van der Waals surface area contributed by atoms with Crippen molar-refractivity contribution in [2.45, 2.75) is 13.0 Å². The van der Waals surface area contributed by atoms with Gasteiger partial charge in [-0.15, -0.1) is 6.42 Å². The molecule has 1 amide bonds. The molecule has 0 unspecified atom stereocenters. The minimum absolute atomic E-state index is 0.190. The molecule has 2 aromatic heterocycles. The van der Waals surface area contributed by atoms with Crippen LogP contribution >= 0.6 is 0 Å². The van der Waals surface area contributed by atoms with Gasteiger partial charge in [0.05, 0.1) is 17.0 Å². The van der Waals surface area contributed by atoms with E-state index in [0.717, 1.165) is 42.9 Å². The summed E-state index contributed by atoms with van der Waals surface area (Å²) in [5.74, 6) is 4.14. The van der Waals surface area contributed by atoms with Crippen LogP contribution in [-0.4, -0.2) is 46.9 Å². The molecule has 4 rings (SSSR count). The molecule has 2 N–H and O–H groups in total. The third-order valence-electron chi connectivity index (χ3n) is 5.34. The van der Waals surface area contributed by atoms with E-state index in [-0.39, 0.29) is 11.6 Å². The highest BCUT2D eigenvalue weighted by molar-refractivity contribution is 5.92. The van der Waals surface area contributed by atoms with Crippen molar-refractivity contribution in [3.05, 3.63) is 70.5 Å². The number of aromatic nitrogens is 2. The summed E-state index contributed by atoms with van der Waals surface area (Å²) in [5.41, 5.74) is 5.90. The summed E-state index contributed by atoms with van der Waals surface area (Å²) < 4.78 is 0. The Morgan fingerprint density at radius 2 is 2.19 bits per heavy atom. The first-order valence-corrected chi connectivity index (χ1v) is 9.91. The Kier molecular flexibility index (Phi) is 5.76. The van der Waals surface area contributed by atoms with Gasteiger partial charge < -0.3 is 10.6 Å². The Morgan fingerprint density at radius 3 is 2.84 bits per heavy atom. The molecule has 0 spiro atoms. The van der Waals surface area contributed by atoms with Crippen LogP contribution in [0.15, 0.2) is 47.9 Å². The van der Waals surface area contributed by atoms with Gasteiger partial charge in [-0.2, -0.15) is 0 Å². The predicted octanol–water partition coefficient (Wildman–Crippen LogP) is 2.28. The molecule has 31 heavy (non-hydrogen) atoms. The summed E-state index contributed by atoms with van der Waals surface area (Å²) in [4.78, 5) is 33.8. The lowest BCUT2D eigenvalue weighted by atomic mass is 10.0. The fraction of sp³-hybridized carbons (Fsp3) is 0.208. The topological polar surface area (TPSA) is 87.2 Å². The smallest absolute Gasteiger partial charge is 0.269 e. The number of carbonyl (C=O) groups is 1. The van der Waals surface area contributed by atoms with Gasteiger partial charge in [-0.25, -0.2) is 4.79 Å². The van der Waals surface area contributed by atoms with Gasteiger partial charge in [0.2, 0.25) is 0 Å². The highest BCUT2D eigenvalue weighted by Gasteiger charge is 2.18. The maximum atomic E-state index is 11.6. The first-order valence-electron chi connectivity index (χ1n) is 9.91. The largest absolute Gasteiger partial charge is 0.354 e. The molecule has 0 radical (unpaired) electrons. The maximum Gasteiger partial charge on any atom is 0.269 e. The molecule has 7 heteroatoms. The van der Waals surface area contributed by atoms with Gasteiger partial charge in [-0.1, -0.05) is 18.1 Å². The first-order chi connectivity index (χ1) is 15.1. The van der Waals surface area contributed by atoms with Gasteiger partial charge in [-0.3, -0.25) is 19.7 Å². The normalized spacial score (nSPS) is 15.5. The Bertz CT molecular complexity index is 1180. The molecule has 154 valence electrons. The SMILES string of the molecule is C#CC1=Cc2ncc(CN3CC=C(c4ccc(C(=O)NC)nc4)CC3)cc2NC1=C=O. The van der Waals surface area contributed by atoms with Gasteiger partial charge in [0, 0.05) is 39.1 Å². The van der Waals surface area contributed by atoms with E-state index < -0.39 is 0 Å². The van der Waals surface area contributed by atoms with Crippen LogP contribution in [0.3, 0.4) is 0 Å². The first kappa shape index (κ1) is 20.3. The van der Waals surface area contributed by atoms with E-state index in [2.05, 4.69) is 37.5 Å². The van der Waals surface area contributed by atoms with Gasteiger partial charge in [0.15, 0.2) is 5.94 Å². The van der Waals surface area contributed by atoms with Gasteiger partial charge in [0.25, 0.3) is 5.91 Å². The van der Waals surface area contributed by atoms with Crippen molar-refractivity contribution in [2.24, 2.45) is 0 Å². The van der Waals surface area contributed by atoms with Crippen molar-refractivity contribution < 1.29 is 9.59 Å². The summed E-state index contributed by atoms with van der Waals surface area (Å²) in [6.45, 7) is 2.44. The molecule has 2 aliphatic rings. The Labute approximate surface area is 180 Å². The van der Waals surface area contributed by atoms with Crippen LogP contribution < -0.4 is 10.6 Å². The fourth-order valence-electron chi connectivity index (χ4n) is 3.65. The number of rotatable bonds is 4. The number of carbonyl (C=O) groups excluding carboxylic acids is 2. The number of hydrogen-bond donors (Lipinski definition) is 2. The number of hydrogen-bond acceptors (Lipinski definition) is 6. The molecule has 7 nitrogen and oxygen atoms in total. The molecule has 0 aliphatic carbocycles. The second kappa shape index (κ2) is 8.80. The number of nitrogens with one attached hydrogen (secondary N) is 2. The number of nitrogens with zero attached hydrogens (tertiary/aromatic N) is 3. The van der Waals surface area contributed by atoms with Crippen molar-refractivity contribution >= 4 is 29.2 Å². The van der Waals surface area contributed by atoms with Crippen molar-refractivity contribution in [3.8, 4) is 12.3 Å². The van der Waals surface area contributed by atoms with Crippen molar-refractivity contribution in [2.75, 3.05) is 25.5 Å². The molecule has 2 aromatic rings. The number of terminal acetylenes is 1. The van der Waals surface area contributed by atoms with Gasteiger partial charge >= 0.3 is 0 Å². The standard InChI is InChI=1S/C24H21N5O2/c1-3-17-11-21-22(28-23(17)15-30)10-16(12-26-21)14-29-8-6-18(7-9-29)19-4-5-20(27-13-19)24(31)25-2/h1,4-6,10-13,28H,7-9,14H2,2H3,(H,25,31). The molecule has 2 aliphatic heterocycles. The number of anilines is 1. The number of allylic oxidation sites excluding steroid dienone is 1. The molecular formula is C24H21N5O2. The fourth-order valence-corrected chi connectivity index (χ4v) is 3.65. The lowest BCUT2D eigenvalue weighted by Crippen LogP contribution is -2.28. The van der Waals surface area contributed by atoms with Crippen LogP contribution in [0.1, 0.15) is 33.7 Å². The number of pyridine rings is 2. The van der Waals surface area contributed by atoms with E-state index in [9.17, 15) is 9.59 Å². The van der Waals surface area contributed by atoms with Crippen LogP contribution in [0.2, 0.25) is 0 Å². The Hall–Kier alpha value is -3.98. The summed E-state index contributed by atoms with van der Waals surface area (Å²) in [5, 5.41) is 5.60. The van der Waals surface area contributed by atoms with Gasteiger partial charge in [0.1, 0.15) is 11.4 Å². The van der Waals surface area contributed by atoms with Crippen LogP contribution in [0, 0.1) is 12.3 Å². The molecule has 4 heterocycles. The van der Waals surface area contributed by atoms with Crippen molar-refractivity contribution in [1.29, 1.82) is 0 Å². The summed E-state index contributed by atoms with van der Waals surface area (Å²) in [7, 11) is 1.59. The van der Waals surface area contributed by atoms with E-state index in [1.54, 1.807) is 25.4 Å². The minimum atomic E-state index is -0.190. The van der Waals surface area contributed by atoms with E-state index in [1.165, 1.54) is 5.57 Å². The zero-order chi connectivity index (χ0) is 21.8. The lowest BCUT2D eigenvalue weighted by molar-refractivity contribution is 0.0958. The lowest BCUT2D eigenvalue weighted by Gasteiger charge is -2.27. The molecule has 0 aromatic carbocycles. The molecule has 0 saturated heterocycles. The highest BCUT2D eigenvalue weighted by Crippen LogP contribution is 2.28. The Balaban J connectivity index is 1.43. The average Bonchev–Trinajstić information content (AvgIpc) is 2.83. The second-order valence-electron chi connectivity index (χ2n) is 7.31. The van der Waals surface area contributed by atoms with Crippen LogP contribution in [0.25, 0.3) is 11.6 Å². The molecule has 0 saturated carbocycles. The van der Waals surface area contributed by atoms with Crippen LogP contribution in [-0.2, 0) is 11.3 Å². The Morgan fingerprint density at radius 1 is 1.32 bits per heavy atom. The summed E-state index contributed by atoms with van der Waals surface area (Å²) >= 11 is 0. The third-order valence-corrected chi connectivity index (χ3v) is 5.34. The summed E-state index contributed by atoms with van der Waals surface area (Å²) in [6.07, 6.45) is 13.8. The van der Waals surface area contributed by atoms with Crippen LogP contribution in [0.4, 0.5) is 5.69 Å². The maximum absolute atomic E-state index is 11.6. The zero-order valence-electron chi connectivity index (χ0n) is 17.1. The molecule has 0 bridgehead atoms. The quantitative estimate of drug-likeness (QED) is 0.593. The van der Waals surface area contributed by atoms with Crippen molar-refractivity contribution in [1.82, 2.24) is 20.2 Å². The third kappa shape index (κ3) is 4.31. The van der Waals surface area contributed by atoms with E-state index >= 15 is 0 Å². The van der Waals surface area contributed by atoms with Gasteiger partial charge in [-0.05, 0) is 41.3 Å². The number of fused-ring (bicyclic) bond motifs is 1. The van der Waals surface area contributed by atoms with E-state index in [0.29, 0.717) is 17.0 Å². The van der Waals surface area contributed by atoms with E-state index in [4.69, 9.17) is 6.42 Å². The van der Waals surface area contributed by atoms with Crippen molar-refractivity contribution in [3.63, 3.8) is 0 Å². The number of amides is 1. The monoisotopic (exact) mass is 411 g/mol. The minimum Gasteiger partial charge on any atom is -0.354 e. The highest BCUT2D eigenvalue weighted by atomic mass is 16.1. The molecular weight excluding hydrogens is 390 g/mol. The summed E-state index contributed by atoms with van der Waals surface area (Å²) in [6, 6.07) is 5.67. The zero-order valence-corrected chi connectivity index (χ0v) is 17.1. The average molecular weight is 411 g/mol. The van der Waals surface area contributed by atoms with Crippen LogP contribution in [0.5, 0.6) is 0 Å². The molecule has 0 fully saturated rings. The van der Waals surface area contributed by atoms with E-state index in [1.807, 2.05) is 24.3 Å². The predicted molar refractivity (Wildman–Crippen MR) is 119 cm³/mol.